The van der Waals surface area contributed by atoms with Gasteiger partial charge in [-0.2, -0.15) is 23.5 Å². The lowest BCUT2D eigenvalue weighted by atomic mass is 9.95. The molecule has 0 unspecified atom stereocenters. The van der Waals surface area contributed by atoms with Gasteiger partial charge in [-0.25, -0.2) is 4.52 Å². The molecule has 0 N–H and O–H groups in total. The Morgan fingerprint density at radius 1 is 1.21 bits per heavy atom. The van der Waals surface area contributed by atoms with Crippen LogP contribution >= 0.6 is 15.9 Å². The van der Waals surface area contributed by atoms with Crippen molar-refractivity contribution in [3.8, 4) is 6.07 Å². The summed E-state index contributed by atoms with van der Waals surface area (Å²) in [5.74, 6) is 0.600. The Balaban J connectivity index is 1.38. The summed E-state index contributed by atoms with van der Waals surface area (Å²) in [6.07, 6.45) is -1.26. The Morgan fingerprint density at radius 2 is 1.97 bits per heavy atom. The molecule has 2 saturated heterocycles. The molecule has 1 aliphatic carbocycles. The number of hydrogen-bond acceptors (Lipinski definition) is 7. The number of aromatic nitrogens is 4. The average Bonchev–Trinajstić information content (AvgIpc) is 3.20. The van der Waals surface area contributed by atoms with Crippen LogP contribution in [0, 0.1) is 16.7 Å². The van der Waals surface area contributed by atoms with E-state index in [4.69, 9.17) is 4.42 Å². The van der Waals surface area contributed by atoms with Crippen molar-refractivity contribution < 1.29 is 17.6 Å². The third-order valence-corrected chi connectivity index (χ3v) is 8.41. The van der Waals surface area contributed by atoms with E-state index in [1.807, 2.05) is 7.05 Å². The quantitative estimate of drug-likeness (QED) is 0.503. The zero-order valence-corrected chi connectivity index (χ0v) is 19.9. The molecule has 0 bridgehead atoms. The van der Waals surface area contributed by atoms with Gasteiger partial charge in [-0.15, -0.1) is 10.2 Å². The molecule has 0 amide bonds. The highest BCUT2D eigenvalue weighted by Gasteiger charge is 2.86. The topological polar surface area (TPSA) is 86.5 Å². The molecule has 3 aromatic rings. The summed E-state index contributed by atoms with van der Waals surface area (Å²) in [5.41, 5.74) is -1.79. The van der Waals surface area contributed by atoms with Crippen LogP contribution < -0.4 is 4.90 Å². The zero-order valence-electron chi connectivity index (χ0n) is 18.3. The van der Waals surface area contributed by atoms with Gasteiger partial charge in [0.2, 0.25) is 11.8 Å². The summed E-state index contributed by atoms with van der Waals surface area (Å²) in [7, 11) is 2.04. The first-order valence-electron chi connectivity index (χ1n) is 11.1. The Morgan fingerprint density at radius 3 is 2.68 bits per heavy atom. The lowest BCUT2D eigenvalue weighted by Gasteiger charge is -2.26. The molecule has 2 atom stereocenters. The van der Waals surface area contributed by atoms with Gasteiger partial charge in [0, 0.05) is 19.0 Å². The molecule has 5 heterocycles. The van der Waals surface area contributed by atoms with Crippen molar-refractivity contribution in [3.63, 3.8) is 0 Å². The predicted octanol–water partition coefficient (Wildman–Crippen LogP) is 3.87. The minimum Gasteiger partial charge on any atom is -0.424 e. The SMILES string of the molecule is CN1CCC(c2nnc([C@]34CN(c5ccc(C#N)n6ncc(Br)c56)C[C@@]3(C(F)(F)F)C4)o2)CC1. The maximum absolute atomic E-state index is 14.5. The van der Waals surface area contributed by atoms with Gasteiger partial charge in [-0.1, -0.05) is 0 Å². The predicted molar refractivity (Wildman–Crippen MR) is 118 cm³/mol. The summed E-state index contributed by atoms with van der Waals surface area (Å²) in [5, 5.41) is 22.0. The van der Waals surface area contributed by atoms with Crippen molar-refractivity contribution in [2.75, 3.05) is 38.1 Å². The number of fused-ring (bicyclic) bond motifs is 2. The number of likely N-dealkylation sites (tertiary alicyclic amines) is 1. The monoisotopic (exact) mass is 535 g/mol. The highest BCUT2D eigenvalue weighted by molar-refractivity contribution is 9.10. The van der Waals surface area contributed by atoms with Crippen molar-refractivity contribution in [1.29, 1.82) is 5.26 Å². The smallest absolute Gasteiger partial charge is 0.397 e. The van der Waals surface area contributed by atoms with Gasteiger partial charge in [0.15, 0.2) is 0 Å². The van der Waals surface area contributed by atoms with Gasteiger partial charge >= 0.3 is 6.18 Å². The molecule has 0 radical (unpaired) electrons. The van der Waals surface area contributed by atoms with E-state index >= 15 is 0 Å². The van der Waals surface area contributed by atoms with E-state index in [0.717, 1.165) is 25.9 Å². The Labute approximate surface area is 201 Å². The van der Waals surface area contributed by atoms with Crippen molar-refractivity contribution in [2.45, 2.75) is 36.8 Å². The molecule has 3 fully saturated rings. The van der Waals surface area contributed by atoms with Crippen LogP contribution in [0.15, 0.2) is 27.2 Å². The summed E-state index contributed by atoms with van der Waals surface area (Å²) in [6, 6.07) is 5.32. The maximum Gasteiger partial charge on any atom is 0.397 e. The van der Waals surface area contributed by atoms with Gasteiger partial charge in [0.05, 0.1) is 21.8 Å². The first kappa shape index (κ1) is 21.9. The Bertz CT molecular complexity index is 1320. The number of pyridine rings is 1. The van der Waals surface area contributed by atoms with Crippen LogP contribution in [-0.2, 0) is 5.41 Å². The molecule has 3 aliphatic rings. The van der Waals surface area contributed by atoms with Gasteiger partial charge in [-0.05, 0) is 67.5 Å². The van der Waals surface area contributed by atoms with Gasteiger partial charge < -0.3 is 14.2 Å². The largest absolute Gasteiger partial charge is 0.424 e. The second kappa shape index (κ2) is 7.18. The van der Waals surface area contributed by atoms with Gasteiger partial charge in [-0.3, -0.25) is 0 Å². The number of piperidine rings is 2. The normalized spacial score (nSPS) is 27.8. The van der Waals surface area contributed by atoms with Crippen LogP contribution in [0.25, 0.3) is 5.52 Å². The number of nitriles is 1. The van der Waals surface area contributed by atoms with E-state index in [0.29, 0.717) is 27.3 Å². The molecule has 3 aromatic heterocycles. The number of anilines is 1. The summed E-state index contributed by atoms with van der Waals surface area (Å²) < 4.78 is 51.5. The molecular formula is C22H21BrF3N7O. The first-order chi connectivity index (χ1) is 16.2. The fourth-order valence-electron chi connectivity index (χ4n) is 5.81. The molecule has 1 saturated carbocycles. The van der Waals surface area contributed by atoms with E-state index in [2.05, 4.69) is 42.2 Å². The zero-order chi connectivity index (χ0) is 23.9. The lowest BCUT2D eigenvalue weighted by molar-refractivity contribution is -0.187. The van der Waals surface area contributed by atoms with Gasteiger partial charge in [0.25, 0.3) is 0 Å². The standard InChI is InChI=1S/C22H21BrF3N7O/c1-31-6-4-13(5-7-31)18-29-30-19(34-18)20-10-21(20,22(24,25)26)12-32(11-20)16-3-2-14(8-27)33-17(16)15(23)9-28-33/h2-3,9,13H,4-7,10-12H2,1H3/t20-,21-/m0/s1. The Kier molecular flexibility index (Phi) is 4.61. The van der Waals surface area contributed by atoms with E-state index in [-0.39, 0.29) is 31.3 Å². The molecule has 0 aromatic carbocycles. The highest BCUT2D eigenvalue weighted by atomic mass is 79.9. The first-order valence-corrected chi connectivity index (χ1v) is 11.9. The van der Waals surface area contributed by atoms with Crippen LogP contribution in [0.4, 0.5) is 18.9 Å². The average molecular weight is 536 g/mol. The minimum absolute atomic E-state index is 0.0674. The molecule has 2 aliphatic heterocycles. The number of alkyl halides is 3. The third kappa shape index (κ3) is 2.89. The number of rotatable bonds is 3. The third-order valence-electron chi connectivity index (χ3n) is 7.83. The Hall–Kier alpha value is -2.65. The fraction of sp³-hybridized carbons (Fsp3) is 0.545. The maximum atomic E-state index is 14.5. The van der Waals surface area contributed by atoms with Crippen LogP contribution in [0.3, 0.4) is 0 Å². The summed E-state index contributed by atoms with van der Waals surface area (Å²) >= 11 is 3.43. The van der Waals surface area contributed by atoms with E-state index in [9.17, 15) is 18.4 Å². The van der Waals surface area contributed by atoms with E-state index in [1.165, 1.54) is 10.7 Å². The summed E-state index contributed by atoms with van der Waals surface area (Å²) in [4.78, 5) is 3.92. The van der Waals surface area contributed by atoms with Crippen LogP contribution in [-0.4, -0.2) is 64.1 Å². The second-order valence-corrected chi connectivity index (χ2v) is 10.5. The second-order valence-electron chi connectivity index (χ2n) is 9.69. The van der Waals surface area contributed by atoms with E-state index in [1.54, 1.807) is 17.0 Å². The fourth-order valence-corrected chi connectivity index (χ4v) is 6.27. The molecule has 178 valence electrons. The molecule has 0 spiro atoms. The number of halogens is 4. The lowest BCUT2D eigenvalue weighted by Crippen LogP contribution is -2.34. The molecule has 12 heteroatoms. The number of nitrogens with zero attached hydrogens (tertiary/aromatic N) is 7. The van der Waals surface area contributed by atoms with Gasteiger partial charge in [0.1, 0.15) is 22.7 Å². The van der Waals surface area contributed by atoms with Crippen molar-refractivity contribution in [2.24, 2.45) is 5.41 Å². The van der Waals surface area contributed by atoms with E-state index < -0.39 is 17.0 Å². The van der Waals surface area contributed by atoms with Crippen molar-refractivity contribution >= 4 is 27.1 Å². The van der Waals surface area contributed by atoms with Crippen LogP contribution in [0.5, 0.6) is 0 Å². The van der Waals surface area contributed by atoms with Crippen LogP contribution in [0.2, 0.25) is 0 Å². The molecule has 6 rings (SSSR count). The highest BCUT2D eigenvalue weighted by Crippen LogP contribution is 2.75. The van der Waals surface area contributed by atoms with Crippen LogP contribution in [0.1, 0.15) is 42.7 Å². The van der Waals surface area contributed by atoms with Crippen molar-refractivity contribution in [1.82, 2.24) is 24.7 Å². The summed E-state index contributed by atoms with van der Waals surface area (Å²) in [6.45, 7) is 1.66. The molecule has 8 nitrogen and oxygen atoms in total. The number of hydrogen-bond donors (Lipinski definition) is 0. The molecule has 34 heavy (non-hydrogen) atoms. The van der Waals surface area contributed by atoms with Crippen molar-refractivity contribution in [3.05, 3.63) is 40.3 Å². The minimum atomic E-state index is -4.43. The molecular weight excluding hydrogens is 515 g/mol.